The van der Waals surface area contributed by atoms with Crippen LogP contribution in [0.5, 0.6) is 0 Å². The number of halogens is 1. The molecule has 0 fully saturated rings. The summed E-state index contributed by atoms with van der Waals surface area (Å²) in [5.74, 6) is -0.282. The topological polar surface area (TPSA) is 63.2 Å². The maximum Gasteiger partial charge on any atom is 0.261 e. The lowest BCUT2D eigenvalue weighted by molar-refractivity contribution is 0.0938. The van der Waals surface area contributed by atoms with Crippen LogP contribution in [0.25, 0.3) is 0 Å². The van der Waals surface area contributed by atoms with Crippen molar-refractivity contribution in [2.45, 2.75) is 51.0 Å². The van der Waals surface area contributed by atoms with Gasteiger partial charge in [0.15, 0.2) is 0 Å². The minimum absolute atomic E-state index is 0.0115. The second kappa shape index (κ2) is 7.09. The van der Waals surface area contributed by atoms with Crippen LogP contribution in [0.4, 0.5) is 0 Å². The molecule has 6 heteroatoms. The molecule has 0 aliphatic carbocycles. The van der Waals surface area contributed by atoms with E-state index in [1.54, 1.807) is 12.1 Å². The molecule has 0 aromatic heterocycles. The minimum Gasteiger partial charge on any atom is -0.350 e. The highest BCUT2D eigenvalue weighted by molar-refractivity contribution is 8.13. The Labute approximate surface area is 124 Å². The second-order valence-corrected chi connectivity index (χ2v) is 7.31. The van der Waals surface area contributed by atoms with E-state index in [0.717, 1.165) is 12.8 Å². The molecule has 1 amide bonds. The van der Waals surface area contributed by atoms with Crippen LogP contribution in [0.1, 0.15) is 49.5 Å². The van der Waals surface area contributed by atoms with Gasteiger partial charge in [-0.2, -0.15) is 0 Å². The van der Waals surface area contributed by atoms with Crippen LogP contribution >= 0.6 is 10.7 Å². The van der Waals surface area contributed by atoms with E-state index in [1.165, 1.54) is 6.07 Å². The molecule has 1 N–H and O–H groups in total. The van der Waals surface area contributed by atoms with Crippen molar-refractivity contribution in [3.63, 3.8) is 0 Å². The Hall–Kier alpha value is -1.07. The molecule has 1 rings (SSSR count). The van der Waals surface area contributed by atoms with Crippen LogP contribution in [-0.4, -0.2) is 20.4 Å². The van der Waals surface area contributed by atoms with Crippen LogP contribution < -0.4 is 5.32 Å². The zero-order valence-electron chi connectivity index (χ0n) is 11.9. The van der Waals surface area contributed by atoms with Crippen LogP contribution in [-0.2, 0) is 15.5 Å². The Morgan fingerprint density at radius 2 is 2.00 bits per heavy atom. The molecule has 0 saturated heterocycles. The van der Waals surface area contributed by atoms with Crippen molar-refractivity contribution in [1.29, 1.82) is 0 Å². The van der Waals surface area contributed by atoms with Gasteiger partial charge in [-0.3, -0.25) is 4.79 Å². The number of benzene rings is 1. The fourth-order valence-corrected chi connectivity index (χ4v) is 3.25. The van der Waals surface area contributed by atoms with Gasteiger partial charge in [-0.05, 0) is 37.5 Å². The molecule has 1 unspecified atom stereocenters. The molecule has 0 saturated carbocycles. The largest absolute Gasteiger partial charge is 0.350 e. The van der Waals surface area contributed by atoms with Crippen molar-refractivity contribution >= 4 is 25.6 Å². The first-order valence-corrected chi connectivity index (χ1v) is 8.99. The average molecular weight is 318 g/mol. The molecule has 1 aromatic rings. The van der Waals surface area contributed by atoms with Gasteiger partial charge in [0.2, 0.25) is 0 Å². The molecule has 0 aliphatic rings. The van der Waals surface area contributed by atoms with Gasteiger partial charge in [0.05, 0.1) is 4.90 Å². The normalized spacial score (nSPS) is 13.0. The molecule has 0 radical (unpaired) electrons. The van der Waals surface area contributed by atoms with Crippen LogP contribution in [0.3, 0.4) is 0 Å². The summed E-state index contributed by atoms with van der Waals surface area (Å²) in [6.07, 6.45) is 2.38. The SMILES string of the molecule is CCCC(C)NC(=O)c1ccc(CC)c(S(=O)(=O)Cl)c1. The van der Waals surface area contributed by atoms with Gasteiger partial charge in [0.1, 0.15) is 0 Å². The molecular formula is C14H20ClNO3S. The summed E-state index contributed by atoms with van der Waals surface area (Å²) < 4.78 is 23.1. The summed E-state index contributed by atoms with van der Waals surface area (Å²) in [7, 11) is 1.57. The van der Waals surface area contributed by atoms with Gasteiger partial charge in [-0.25, -0.2) is 8.42 Å². The molecule has 4 nitrogen and oxygen atoms in total. The lowest BCUT2D eigenvalue weighted by atomic mass is 10.1. The van der Waals surface area contributed by atoms with E-state index in [0.29, 0.717) is 17.5 Å². The predicted octanol–water partition coefficient (Wildman–Crippen LogP) is 3.09. The van der Waals surface area contributed by atoms with Gasteiger partial charge >= 0.3 is 0 Å². The van der Waals surface area contributed by atoms with Crippen molar-refractivity contribution in [3.05, 3.63) is 29.3 Å². The summed E-state index contributed by atoms with van der Waals surface area (Å²) in [6.45, 7) is 5.79. The number of amides is 1. The second-order valence-electron chi connectivity index (χ2n) is 4.78. The van der Waals surface area contributed by atoms with Gasteiger partial charge in [-0.15, -0.1) is 0 Å². The third-order valence-corrected chi connectivity index (χ3v) is 4.48. The molecular weight excluding hydrogens is 298 g/mol. The first-order valence-electron chi connectivity index (χ1n) is 6.68. The zero-order chi connectivity index (χ0) is 15.3. The van der Waals surface area contributed by atoms with Crippen molar-refractivity contribution in [2.24, 2.45) is 0 Å². The predicted molar refractivity (Wildman–Crippen MR) is 80.7 cm³/mol. The Morgan fingerprint density at radius 1 is 1.35 bits per heavy atom. The molecule has 1 atom stereocenters. The standard InChI is InChI=1S/C14H20ClNO3S/c1-4-6-10(3)16-14(17)12-8-7-11(5-2)13(9-12)20(15,18)19/h7-10H,4-6H2,1-3H3,(H,16,17). The zero-order valence-corrected chi connectivity index (χ0v) is 13.5. The molecule has 1 aromatic carbocycles. The highest BCUT2D eigenvalue weighted by atomic mass is 35.7. The van der Waals surface area contributed by atoms with Gasteiger partial charge in [0.25, 0.3) is 15.0 Å². The molecule has 0 aliphatic heterocycles. The molecule has 0 spiro atoms. The maximum absolute atomic E-state index is 12.1. The van der Waals surface area contributed by atoms with E-state index in [9.17, 15) is 13.2 Å². The fraction of sp³-hybridized carbons (Fsp3) is 0.500. The van der Waals surface area contributed by atoms with Crippen molar-refractivity contribution in [3.8, 4) is 0 Å². The number of nitrogens with one attached hydrogen (secondary N) is 1. The Morgan fingerprint density at radius 3 is 2.50 bits per heavy atom. The summed E-state index contributed by atoms with van der Waals surface area (Å²) in [6, 6.07) is 4.65. The van der Waals surface area contributed by atoms with Crippen molar-refractivity contribution < 1.29 is 13.2 Å². The van der Waals surface area contributed by atoms with E-state index in [4.69, 9.17) is 10.7 Å². The van der Waals surface area contributed by atoms with E-state index in [-0.39, 0.29) is 16.8 Å². The van der Waals surface area contributed by atoms with E-state index >= 15 is 0 Å². The van der Waals surface area contributed by atoms with Crippen molar-refractivity contribution in [2.75, 3.05) is 0 Å². The lowest BCUT2D eigenvalue weighted by Crippen LogP contribution is -2.32. The molecule has 0 bridgehead atoms. The van der Waals surface area contributed by atoms with Crippen LogP contribution in [0, 0.1) is 0 Å². The van der Waals surface area contributed by atoms with E-state index in [2.05, 4.69) is 5.32 Å². The number of carbonyl (C=O) groups excluding carboxylic acids is 1. The van der Waals surface area contributed by atoms with Crippen molar-refractivity contribution in [1.82, 2.24) is 5.32 Å². The summed E-state index contributed by atoms with van der Waals surface area (Å²) in [4.78, 5) is 12.1. The first-order chi connectivity index (χ1) is 9.29. The third kappa shape index (κ3) is 4.49. The number of rotatable bonds is 6. The Kier molecular flexibility index (Phi) is 6.02. The quantitative estimate of drug-likeness (QED) is 0.820. The lowest BCUT2D eigenvalue weighted by Gasteiger charge is -2.13. The van der Waals surface area contributed by atoms with E-state index < -0.39 is 9.05 Å². The molecule has 20 heavy (non-hydrogen) atoms. The number of carbonyl (C=O) groups is 1. The maximum atomic E-state index is 12.1. The Balaban J connectivity index is 3.06. The van der Waals surface area contributed by atoms with Gasteiger partial charge in [-0.1, -0.05) is 26.3 Å². The summed E-state index contributed by atoms with van der Waals surface area (Å²) in [5, 5.41) is 2.84. The van der Waals surface area contributed by atoms with Gasteiger partial charge in [0, 0.05) is 22.3 Å². The summed E-state index contributed by atoms with van der Waals surface area (Å²) >= 11 is 0. The van der Waals surface area contributed by atoms with Gasteiger partial charge < -0.3 is 5.32 Å². The number of hydrogen-bond donors (Lipinski definition) is 1. The number of hydrogen-bond acceptors (Lipinski definition) is 3. The number of aryl methyl sites for hydroxylation is 1. The molecule has 112 valence electrons. The van der Waals surface area contributed by atoms with Crippen LogP contribution in [0.2, 0.25) is 0 Å². The highest BCUT2D eigenvalue weighted by Gasteiger charge is 2.18. The summed E-state index contributed by atoms with van der Waals surface area (Å²) in [5.41, 5.74) is 0.919. The Bertz CT molecular complexity index is 584. The monoisotopic (exact) mass is 317 g/mol. The smallest absolute Gasteiger partial charge is 0.261 e. The average Bonchev–Trinajstić information content (AvgIpc) is 2.37. The highest BCUT2D eigenvalue weighted by Crippen LogP contribution is 2.22. The molecule has 0 heterocycles. The fourth-order valence-electron chi connectivity index (χ4n) is 2.03. The van der Waals surface area contributed by atoms with Crippen LogP contribution in [0.15, 0.2) is 23.1 Å². The minimum atomic E-state index is -3.85. The third-order valence-electron chi connectivity index (χ3n) is 3.07. The first kappa shape index (κ1) is 17.0. The van der Waals surface area contributed by atoms with E-state index in [1.807, 2.05) is 20.8 Å².